The molecule has 0 aliphatic carbocycles. The molecule has 2 aromatic carbocycles. The standard InChI is InChI=1S/C26H31BrN4O/c1-26(2,3)23-18-22(29(4)28-23)25(32)31-16-14-30(15-17-31)24(19-8-6-5-7-9-19)20-10-12-21(27)13-11-20/h5-13,18,24H,14-17H2,1-4H3. The van der Waals surface area contributed by atoms with Crippen LogP contribution < -0.4 is 0 Å². The Morgan fingerprint density at radius 2 is 1.53 bits per heavy atom. The summed E-state index contributed by atoms with van der Waals surface area (Å²) in [6.45, 7) is 9.41. The van der Waals surface area contributed by atoms with Crippen LogP contribution in [0.3, 0.4) is 0 Å². The van der Waals surface area contributed by atoms with Crippen molar-refractivity contribution in [3.63, 3.8) is 0 Å². The van der Waals surface area contributed by atoms with Crippen molar-refractivity contribution in [3.05, 3.63) is 87.7 Å². The van der Waals surface area contributed by atoms with E-state index >= 15 is 0 Å². The van der Waals surface area contributed by atoms with Gasteiger partial charge in [0.2, 0.25) is 0 Å². The number of nitrogens with zero attached hydrogens (tertiary/aromatic N) is 4. The van der Waals surface area contributed by atoms with E-state index in [1.54, 1.807) is 4.68 Å². The molecular weight excluding hydrogens is 464 g/mol. The third-order valence-corrected chi connectivity index (χ3v) is 6.66. The molecule has 4 rings (SSSR count). The first-order chi connectivity index (χ1) is 15.2. The molecule has 1 saturated heterocycles. The van der Waals surface area contributed by atoms with E-state index in [2.05, 4.69) is 101 Å². The molecule has 168 valence electrons. The average Bonchev–Trinajstić information content (AvgIpc) is 3.18. The van der Waals surface area contributed by atoms with Gasteiger partial charge in [-0.15, -0.1) is 0 Å². The molecule has 0 saturated carbocycles. The van der Waals surface area contributed by atoms with Gasteiger partial charge in [-0.25, -0.2) is 0 Å². The number of carbonyl (C=O) groups is 1. The van der Waals surface area contributed by atoms with Gasteiger partial charge < -0.3 is 4.90 Å². The Hall–Kier alpha value is -2.44. The second-order valence-corrected chi connectivity index (χ2v) is 10.4. The lowest BCUT2D eigenvalue weighted by molar-refractivity contribution is 0.0587. The zero-order valence-corrected chi connectivity index (χ0v) is 20.8. The van der Waals surface area contributed by atoms with Crippen molar-refractivity contribution in [1.29, 1.82) is 0 Å². The molecule has 1 fully saturated rings. The fraction of sp³-hybridized carbons (Fsp3) is 0.385. The molecule has 0 radical (unpaired) electrons. The summed E-state index contributed by atoms with van der Waals surface area (Å²) in [7, 11) is 1.86. The topological polar surface area (TPSA) is 41.4 Å². The van der Waals surface area contributed by atoms with Crippen LogP contribution in [0.5, 0.6) is 0 Å². The number of piperazine rings is 1. The molecule has 1 aliphatic heterocycles. The summed E-state index contributed by atoms with van der Waals surface area (Å²) in [5, 5.41) is 4.58. The van der Waals surface area contributed by atoms with E-state index < -0.39 is 0 Å². The monoisotopic (exact) mass is 494 g/mol. The largest absolute Gasteiger partial charge is 0.335 e. The van der Waals surface area contributed by atoms with Crippen LogP contribution >= 0.6 is 15.9 Å². The molecule has 0 spiro atoms. The number of carbonyl (C=O) groups excluding carboxylic acids is 1. The van der Waals surface area contributed by atoms with Crippen molar-refractivity contribution in [1.82, 2.24) is 19.6 Å². The van der Waals surface area contributed by atoms with E-state index in [1.807, 2.05) is 18.0 Å². The van der Waals surface area contributed by atoms with Crippen molar-refractivity contribution >= 4 is 21.8 Å². The summed E-state index contributed by atoms with van der Waals surface area (Å²) in [5.74, 6) is 0.0649. The lowest BCUT2D eigenvalue weighted by Gasteiger charge is -2.39. The van der Waals surface area contributed by atoms with Crippen molar-refractivity contribution in [3.8, 4) is 0 Å². The Morgan fingerprint density at radius 3 is 2.09 bits per heavy atom. The summed E-state index contributed by atoms with van der Waals surface area (Å²) in [5.41, 5.74) is 4.07. The van der Waals surface area contributed by atoms with Gasteiger partial charge in [0.1, 0.15) is 5.69 Å². The number of hydrogen-bond donors (Lipinski definition) is 0. The Morgan fingerprint density at radius 1 is 0.938 bits per heavy atom. The highest BCUT2D eigenvalue weighted by molar-refractivity contribution is 9.10. The third kappa shape index (κ3) is 4.81. The molecule has 0 N–H and O–H groups in total. The first-order valence-corrected chi connectivity index (χ1v) is 11.9. The average molecular weight is 495 g/mol. The van der Waals surface area contributed by atoms with E-state index in [-0.39, 0.29) is 17.4 Å². The summed E-state index contributed by atoms with van der Waals surface area (Å²) in [4.78, 5) is 17.7. The molecule has 5 nitrogen and oxygen atoms in total. The van der Waals surface area contributed by atoms with Gasteiger partial charge in [0.25, 0.3) is 5.91 Å². The number of benzene rings is 2. The molecule has 1 unspecified atom stereocenters. The molecule has 0 bridgehead atoms. The summed E-state index contributed by atoms with van der Waals surface area (Å²) < 4.78 is 2.80. The maximum Gasteiger partial charge on any atom is 0.272 e. The second kappa shape index (κ2) is 9.20. The molecule has 1 atom stereocenters. The quantitative estimate of drug-likeness (QED) is 0.510. The van der Waals surface area contributed by atoms with Gasteiger partial charge in [-0.3, -0.25) is 14.4 Å². The fourth-order valence-electron chi connectivity index (χ4n) is 4.27. The van der Waals surface area contributed by atoms with Gasteiger partial charge in [-0.1, -0.05) is 79.2 Å². The number of hydrogen-bond acceptors (Lipinski definition) is 3. The maximum absolute atomic E-state index is 13.3. The van der Waals surface area contributed by atoms with Gasteiger partial charge in [-0.05, 0) is 29.3 Å². The smallest absolute Gasteiger partial charge is 0.272 e. The van der Waals surface area contributed by atoms with Gasteiger partial charge >= 0.3 is 0 Å². The van der Waals surface area contributed by atoms with Crippen molar-refractivity contribution < 1.29 is 4.79 Å². The van der Waals surface area contributed by atoms with Crippen molar-refractivity contribution in [2.45, 2.75) is 32.2 Å². The van der Waals surface area contributed by atoms with E-state index in [1.165, 1.54) is 11.1 Å². The molecule has 6 heteroatoms. The van der Waals surface area contributed by atoms with Crippen LogP contribution in [-0.4, -0.2) is 51.7 Å². The highest BCUT2D eigenvalue weighted by Gasteiger charge is 2.30. The minimum absolute atomic E-state index is 0.0649. The number of aryl methyl sites for hydroxylation is 1. The highest BCUT2D eigenvalue weighted by atomic mass is 79.9. The molecule has 32 heavy (non-hydrogen) atoms. The molecule has 1 aromatic heterocycles. The summed E-state index contributed by atoms with van der Waals surface area (Å²) >= 11 is 3.55. The van der Waals surface area contributed by atoms with Gasteiger partial charge in [-0.2, -0.15) is 5.10 Å². The van der Waals surface area contributed by atoms with Crippen LogP contribution in [0.1, 0.15) is 54.1 Å². The maximum atomic E-state index is 13.3. The Kier molecular flexibility index (Phi) is 6.54. The van der Waals surface area contributed by atoms with E-state index in [0.29, 0.717) is 18.8 Å². The van der Waals surface area contributed by atoms with Crippen LogP contribution in [0.25, 0.3) is 0 Å². The van der Waals surface area contributed by atoms with Gasteiger partial charge in [0.15, 0.2) is 0 Å². The predicted octanol–water partition coefficient (Wildman–Crippen LogP) is 5.03. The number of aromatic nitrogens is 2. The summed E-state index contributed by atoms with van der Waals surface area (Å²) in [6, 6.07) is 21.3. The minimum atomic E-state index is -0.0808. The van der Waals surface area contributed by atoms with Crippen LogP contribution in [-0.2, 0) is 12.5 Å². The number of rotatable bonds is 4. The predicted molar refractivity (Wildman–Crippen MR) is 132 cm³/mol. The van der Waals surface area contributed by atoms with Crippen LogP contribution in [0.2, 0.25) is 0 Å². The van der Waals surface area contributed by atoms with Crippen LogP contribution in [0.4, 0.5) is 0 Å². The second-order valence-electron chi connectivity index (χ2n) is 9.48. The molecule has 3 aromatic rings. The zero-order valence-electron chi connectivity index (χ0n) is 19.3. The minimum Gasteiger partial charge on any atom is -0.335 e. The first kappa shape index (κ1) is 22.7. The Balaban J connectivity index is 1.52. The summed E-state index contributed by atoms with van der Waals surface area (Å²) in [6.07, 6.45) is 0. The molecule has 1 aliphatic rings. The number of halogens is 1. The first-order valence-electron chi connectivity index (χ1n) is 11.1. The molecule has 1 amide bonds. The van der Waals surface area contributed by atoms with Crippen LogP contribution in [0.15, 0.2) is 65.1 Å². The lowest BCUT2D eigenvalue weighted by Crippen LogP contribution is -2.50. The normalized spacial score (nSPS) is 16.2. The van der Waals surface area contributed by atoms with E-state index in [9.17, 15) is 4.79 Å². The number of amides is 1. The van der Waals surface area contributed by atoms with Gasteiger partial charge in [0.05, 0.1) is 11.7 Å². The van der Waals surface area contributed by atoms with Gasteiger partial charge in [0, 0.05) is 43.1 Å². The van der Waals surface area contributed by atoms with E-state index in [0.717, 1.165) is 23.3 Å². The SMILES string of the molecule is Cn1nc(C(C)(C)C)cc1C(=O)N1CCN(C(c2ccccc2)c2ccc(Br)cc2)CC1. The lowest BCUT2D eigenvalue weighted by atomic mass is 9.92. The van der Waals surface area contributed by atoms with Crippen LogP contribution in [0, 0.1) is 0 Å². The highest BCUT2D eigenvalue weighted by Crippen LogP contribution is 2.31. The zero-order chi connectivity index (χ0) is 22.9. The van der Waals surface area contributed by atoms with Crippen molar-refractivity contribution in [2.75, 3.05) is 26.2 Å². The fourth-order valence-corrected chi connectivity index (χ4v) is 4.54. The Labute approximate surface area is 199 Å². The molecular formula is C26H31BrN4O. The van der Waals surface area contributed by atoms with Crippen molar-refractivity contribution in [2.24, 2.45) is 7.05 Å². The molecule has 2 heterocycles. The Bertz CT molecular complexity index is 1060. The third-order valence-electron chi connectivity index (χ3n) is 6.14. The van der Waals surface area contributed by atoms with E-state index in [4.69, 9.17) is 0 Å².